The van der Waals surface area contributed by atoms with Crippen molar-refractivity contribution in [3.63, 3.8) is 0 Å². The summed E-state index contributed by atoms with van der Waals surface area (Å²) in [7, 11) is 0. The molecule has 2 aromatic rings. The third kappa shape index (κ3) is 3.86. The summed E-state index contributed by atoms with van der Waals surface area (Å²) < 4.78 is 19.7. The third-order valence-corrected chi connectivity index (χ3v) is 5.01. The molecule has 2 aliphatic heterocycles. The second-order valence-corrected chi connectivity index (χ2v) is 6.84. The van der Waals surface area contributed by atoms with E-state index < -0.39 is 18.0 Å². The van der Waals surface area contributed by atoms with Gasteiger partial charge in [0.05, 0.1) is 25.4 Å². The number of cyclic esters (lactones) is 1. The van der Waals surface area contributed by atoms with Crippen molar-refractivity contribution in [3.05, 3.63) is 42.3 Å². The van der Waals surface area contributed by atoms with E-state index in [9.17, 15) is 9.18 Å². The SMILES string of the molecule is CCN1CCN(c2ccc(-c3ccc(N4C[C@H](CO)OC4=O)cc3F)cn2)C=N1. The molecule has 8 nitrogen and oxygen atoms in total. The van der Waals surface area contributed by atoms with Crippen LogP contribution < -0.4 is 9.80 Å². The molecule has 152 valence electrons. The van der Waals surface area contributed by atoms with Gasteiger partial charge in [-0.3, -0.25) is 9.91 Å². The highest BCUT2D eigenvalue weighted by Gasteiger charge is 2.32. The van der Waals surface area contributed by atoms with Crippen molar-refractivity contribution in [2.75, 3.05) is 42.6 Å². The van der Waals surface area contributed by atoms with Gasteiger partial charge >= 0.3 is 6.09 Å². The average molecular weight is 399 g/mol. The summed E-state index contributed by atoms with van der Waals surface area (Å²) in [5.74, 6) is 0.288. The van der Waals surface area contributed by atoms with E-state index in [2.05, 4.69) is 17.0 Å². The number of halogens is 1. The Bertz CT molecular complexity index is 921. The van der Waals surface area contributed by atoms with Gasteiger partial charge in [-0.1, -0.05) is 0 Å². The van der Waals surface area contributed by atoms with Crippen LogP contribution in [0.3, 0.4) is 0 Å². The van der Waals surface area contributed by atoms with Crippen molar-refractivity contribution in [3.8, 4) is 11.1 Å². The Labute approximate surface area is 167 Å². The molecule has 0 saturated carbocycles. The molecule has 4 rings (SSSR count). The molecular weight excluding hydrogens is 377 g/mol. The van der Waals surface area contributed by atoms with E-state index in [0.717, 1.165) is 25.5 Å². The number of carbonyl (C=O) groups excluding carboxylic acids is 1. The highest BCUT2D eigenvalue weighted by atomic mass is 19.1. The monoisotopic (exact) mass is 399 g/mol. The summed E-state index contributed by atoms with van der Waals surface area (Å²) in [5.41, 5.74) is 1.42. The molecule has 2 aliphatic rings. The number of hydrogen-bond acceptors (Lipinski definition) is 7. The Balaban J connectivity index is 1.51. The van der Waals surface area contributed by atoms with Crippen LogP contribution in [0.15, 0.2) is 41.6 Å². The van der Waals surface area contributed by atoms with Crippen LogP contribution in [0.4, 0.5) is 20.7 Å². The standard InChI is InChI=1S/C20H22FN5O3/c1-2-25-8-7-24(13-23-25)19-6-3-14(10-22-19)17-5-4-15(9-18(17)21)26-11-16(12-27)29-20(26)28/h3-6,9-10,13,16,27H,2,7-8,11-12H2,1H3/t16-/m1/s1. The van der Waals surface area contributed by atoms with Crippen molar-refractivity contribution < 1.29 is 19.0 Å². The van der Waals surface area contributed by atoms with Crippen LogP contribution in [0.2, 0.25) is 0 Å². The van der Waals surface area contributed by atoms with Gasteiger partial charge in [-0.2, -0.15) is 5.10 Å². The number of hydrogen-bond donors (Lipinski definition) is 1. The number of carbonyl (C=O) groups is 1. The number of pyridine rings is 1. The number of aliphatic hydroxyl groups is 1. The minimum Gasteiger partial charge on any atom is -0.441 e. The summed E-state index contributed by atoms with van der Waals surface area (Å²) in [6.07, 6.45) is 2.19. The lowest BCUT2D eigenvalue weighted by Gasteiger charge is -2.28. The molecule has 1 N–H and O–H groups in total. The number of likely N-dealkylation sites (N-methyl/N-ethyl adjacent to an activating group) is 1. The van der Waals surface area contributed by atoms with E-state index in [-0.39, 0.29) is 13.2 Å². The van der Waals surface area contributed by atoms with E-state index in [0.29, 0.717) is 16.8 Å². The highest BCUT2D eigenvalue weighted by Crippen LogP contribution is 2.29. The van der Waals surface area contributed by atoms with E-state index in [1.165, 1.54) is 11.0 Å². The van der Waals surface area contributed by atoms with E-state index in [1.54, 1.807) is 24.7 Å². The maximum atomic E-state index is 14.7. The molecule has 1 fully saturated rings. The Kier molecular flexibility index (Phi) is 5.30. The lowest BCUT2D eigenvalue weighted by Crippen LogP contribution is -2.38. The molecule has 3 heterocycles. The van der Waals surface area contributed by atoms with Crippen LogP contribution in [-0.4, -0.2) is 66.4 Å². The zero-order valence-corrected chi connectivity index (χ0v) is 16.0. The first-order valence-electron chi connectivity index (χ1n) is 9.49. The molecule has 0 radical (unpaired) electrons. The van der Waals surface area contributed by atoms with Crippen molar-refractivity contribution in [2.45, 2.75) is 13.0 Å². The Hall–Kier alpha value is -3.20. The van der Waals surface area contributed by atoms with Gasteiger partial charge in [-0.05, 0) is 37.3 Å². The van der Waals surface area contributed by atoms with Gasteiger partial charge < -0.3 is 14.7 Å². The fourth-order valence-corrected chi connectivity index (χ4v) is 3.34. The summed E-state index contributed by atoms with van der Waals surface area (Å²) in [5, 5.41) is 15.5. The summed E-state index contributed by atoms with van der Waals surface area (Å²) >= 11 is 0. The number of nitrogens with zero attached hydrogens (tertiary/aromatic N) is 5. The van der Waals surface area contributed by atoms with Gasteiger partial charge in [0.1, 0.15) is 24.1 Å². The molecule has 0 unspecified atom stereocenters. The molecule has 0 spiro atoms. The fourth-order valence-electron chi connectivity index (χ4n) is 3.34. The van der Waals surface area contributed by atoms with E-state index in [4.69, 9.17) is 9.84 Å². The second kappa shape index (κ2) is 8.04. The summed E-state index contributed by atoms with van der Waals surface area (Å²) in [6, 6.07) is 8.21. The average Bonchev–Trinajstić information content (AvgIpc) is 3.15. The van der Waals surface area contributed by atoms with E-state index >= 15 is 0 Å². The van der Waals surface area contributed by atoms with Gasteiger partial charge in [0, 0.05) is 30.4 Å². The van der Waals surface area contributed by atoms with Crippen LogP contribution in [0.25, 0.3) is 11.1 Å². The molecule has 29 heavy (non-hydrogen) atoms. The van der Waals surface area contributed by atoms with Crippen LogP contribution in [0.1, 0.15) is 6.92 Å². The molecule has 1 saturated heterocycles. The molecule has 1 amide bonds. The first-order chi connectivity index (χ1) is 14.1. The maximum Gasteiger partial charge on any atom is 0.414 e. The molecule has 0 bridgehead atoms. The Morgan fingerprint density at radius 1 is 1.28 bits per heavy atom. The van der Waals surface area contributed by atoms with Gasteiger partial charge in [-0.15, -0.1) is 0 Å². The van der Waals surface area contributed by atoms with Crippen molar-refractivity contribution in [1.82, 2.24) is 9.99 Å². The normalized spacial score (nSPS) is 19.1. The van der Waals surface area contributed by atoms with Crippen LogP contribution in [0, 0.1) is 5.82 Å². The number of aromatic nitrogens is 1. The number of anilines is 2. The number of ether oxygens (including phenoxy) is 1. The Morgan fingerprint density at radius 3 is 2.72 bits per heavy atom. The lowest BCUT2D eigenvalue weighted by molar-refractivity contribution is 0.0963. The molecule has 0 aliphatic carbocycles. The highest BCUT2D eigenvalue weighted by molar-refractivity contribution is 5.90. The quantitative estimate of drug-likeness (QED) is 0.831. The predicted octanol–water partition coefficient (Wildman–Crippen LogP) is 2.29. The number of amides is 1. The van der Waals surface area contributed by atoms with Gasteiger partial charge in [0.2, 0.25) is 0 Å². The molecule has 1 aromatic heterocycles. The van der Waals surface area contributed by atoms with Crippen LogP contribution >= 0.6 is 0 Å². The molecule has 1 atom stereocenters. The van der Waals surface area contributed by atoms with Crippen molar-refractivity contribution >= 4 is 23.9 Å². The molecule has 1 aromatic carbocycles. The lowest BCUT2D eigenvalue weighted by atomic mass is 10.1. The topological polar surface area (TPSA) is 81.5 Å². The Morgan fingerprint density at radius 2 is 2.14 bits per heavy atom. The van der Waals surface area contributed by atoms with Crippen LogP contribution in [-0.2, 0) is 4.74 Å². The van der Waals surface area contributed by atoms with Crippen molar-refractivity contribution in [1.29, 1.82) is 0 Å². The largest absolute Gasteiger partial charge is 0.441 e. The zero-order valence-electron chi connectivity index (χ0n) is 16.0. The smallest absolute Gasteiger partial charge is 0.414 e. The fraction of sp³-hybridized carbons (Fsp3) is 0.350. The van der Waals surface area contributed by atoms with Crippen LogP contribution in [0.5, 0.6) is 0 Å². The van der Waals surface area contributed by atoms with Crippen molar-refractivity contribution in [2.24, 2.45) is 5.10 Å². The number of hydrazone groups is 1. The zero-order chi connectivity index (χ0) is 20.4. The number of rotatable bonds is 5. The van der Waals surface area contributed by atoms with Gasteiger partial charge in [0.25, 0.3) is 0 Å². The minimum atomic E-state index is -0.593. The maximum absolute atomic E-state index is 14.7. The molecule has 9 heteroatoms. The van der Waals surface area contributed by atoms with Gasteiger partial charge in [-0.25, -0.2) is 14.2 Å². The summed E-state index contributed by atoms with van der Waals surface area (Å²) in [6.45, 7) is 4.45. The first kappa shape index (κ1) is 19.1. The summed E-state index contributed by atoms with van der Waals surface area (Å²) in [4.78, 5) is 19.6. The number of aliphatic hydroxyl groups excluding tert-OH is 1. The predicted molar refractivity (Wildman–Crippen MR) is 107 cm³/mol. The van der Waals surface area contributed by atoms with E-state index in [1.807, 2.05) is 22.0 Å². The third-order valence-electron chi connectivity index (χ3n) is 5.01. The minimum absolute atomic E-state index is 0.192. The molecular formula is C20H22FN5O3. The van der Waals surface area contributed by atoms with Gasteiger partial charge in [0.15, 0.2) is 0 Å². The second-order valence-electron chi connectivity index (χ2n) is 6.84. The number of benzene rings is 1. The first-order valence-corrected chi connectivity index (χ1v) is 9.49.